The highest BCUT2D eigenvalue weighted by molar-refractivity contribution is 6.22. The van der Waals surface area contributed by atoms with E-state index in [0.717, 1.165) is 0 Å². The molecule has 0 fully saturated rings. The topological polar surface area (TPSA) is 93.1 Å². The van der Waals surface area contributed by atoms with E-state index in [1.807, 2.05) is 6.07 Å². The van der Waals surface area contributed by atoms with Crippen LogP contribution in [0.2, 0.25) is 0 Å². The lowest BCUT2D eigenvalue weighted by Crippen LogP contribution is -2.35. The van der Waals surface area contributed by atoms with Gasteiger partial charge in [-0.2, -0.15) is 0 Å². The molecule has 1 atom stereocenters. The second-order valence-corrected chi connectivity index (χ2v) is 7.81. The summed E-state index contributed by atoms with van der Waals surface area (Å²) in [5.74, 6) is -0.761. The van der Waals surface area contributed by atoms with E-state index < -0.39 is 12.2 Å². The number of amides is 1. The molecule has 7 heteroatoms. The lowest BCUT2D eigenvalue weighted by molar-refractivity contribution is -0.139. The van der Waals surface area contributed by atoms with Gasteiger partial charge in [0.2, 0.25) is 0 Å². The maximum Gasteiger partial charge on any atom is 0.333 e. The zero-order chi connectivity index (χ0) is 23.7. The van der Waals surface area contributed by atoms with Gasteiger partial charge in [0.05, 0.1) is 0 Å². The zero-order valence-corrected chi connectivity index (χ0v) is 18.3. The Morgan fingerprint density at radius 3 is 2.45 bits per heavy atom. The Bertz CT molecular complexity index is 1280. The Morgan fingerprint density at radius 2 is 1.76 bits per heavy atom. The fourth-order valence-electron chi connectivity index (χ4n) is 3.86. The average molecular weight is 445 g/mol. The van der Waals surface area contributed by atoms with E-state index in [2.05, 4.69) is 6.58 Å². The molecule has 1 amide bonds. The first-order chi connectivity index (χ1) is 15.8. The molecule has 0 spiro atoms. The first kappa shape index (κ1) is 22.2. The van der Waals surface area contributed by atoms with Crippen molar-refractivity contribution in [1.29, 1.82) is 0 Å². The van der Waals surface area contributed by atoms with Crippen molar-refractivity contribution in [2.75, 3.05) is 20.3 Å². The van der Waals surface area contributed by atoms with E-state index in [-0.39, 0.29) is 30.5 Å². The summed E-state index contributed by atoms with van der Waals surface area (Å²) in [4.78, 5) is 39.1. The highest BCUT2D eigenvalue weighted by Crippen LogP contribution is 2.41. The molecule has 3 aromatic carbocycles. The Kier molecular flexibility index (Phi) is 5.98. The number of benzene rings is 3. The Morgan fingerprint density at radius 1 is 1.03 bits per heavy atom. The number of carbonyl (C=O) groups excluding carboxylic acids is 3. The Balaban J connectivity index is 1.81. The normalized spacial score (nSPS) is 14.8. The first-order valence-corrected chi connectivity index (χ1v) is 10.4. The maximum absolute atomic E-state index is 13.4. The number of esters is 1. The summed E-state index contributed by atoms with van der Waals surface area (Å²) < 4.78 is 11.0. The van der Waals surface area contributed by atoms with Gasteiger partial charge in [0.25, 0.3) is 5.91 Å². The number of nitrogens with zero attached hydrogens (tertiary/aromatic N) is 1. The number of ether oxygens (including phenoxy) is 2. The van der Waals surface area contributed by atoms with Crippen LogP contribution in [0.25, 0.3) is 10.8 Å². The van der Waals surface area contributed by atoms with Crippen molar-refractivity contribution in [3.8, 4) is 5.75 Å². The predicted molar refractivity (Wildman–Crippen MR) is 122 cm³/mol. The summed E-state index contributed by atoms with van der Waals surface area (Å²) in [5, 5.41) is 11.6. The van der Waals surface area contributed by atoms with Gasteiger partial charge in [0.1, 0.15) is 19.0 Å². The Labute approximate surface area is 190 Å². The van der Waals surface area contributed by atoms with Crippen LogP contribution in [-0.2, 0) is 9.53 Å². The molecule has 1 aliphatic heterocycles. The van der Waals surface area contributed by atoms with Gasteiger partial charge in [-0.25, -0.2) is 4.79 Å². The second kappa shape index (κ2) is 8.88. The minimum absolute atomic E-state index is 0.0130. The largest absolute Gasteiger partial charge is 0.489 e. The summed E-state index contributed by atoms with van der Waals surface area (Å²) in [6, 6.07) is 15.3. The number of aliphatic hydroxyl groups is 1. The van der Waals surface area contributed by atoms with Crippen LogP contribution in [0.1, 0.15) is 45.0 Å². The van der Waals surface area contributed by atoms with E-state index in [1.165, 1.54) is 11.9 Å². The van der Waals surface area contributed by atoms with Gasteiger partial charge < -0.3 is 19.5 Å². The van der Waals surface area contributed by atoms with E-state index in [0.29, 0.717) is 38.8 Å². The molecule has 7 nitrogen and oxygen atoms in total. The van der Waals surface area contributed by atoms with Crippen LogP contribution in [0, 0.1) is 0 Å². The third kappa shape index (κ3) is 3.99. The van der Waals surface area contributed by atoms with Crippen LogP contribution in [0.4, 0.5) is 0 Å². The van der Waals surface area contributed by atoms with Crippen molar-refractivity contribution in [3.05, 3.63) is 89.0 Å². The van der Waals surface area contributed by atoms with Crippen molar-refractivity contribution in [2.24, 2.45) is 0 Å². The standard InChI is InChI=1S/C26H23NO6/c1-15(2)26(31)33-14-13-32-20-12-11-19-21-18(24(29)27(3)25(19)30)10-9-17(22(20)21)23(28)16-7-5-4-6-8-16/h4-12,24,29H,1,13-14H2,2-3H3. The fourth-order valence-corrected chi connectivity index (χ4v) is 3.86. The van der Waals surface area contributed by atoms with Crippen molar-refractivity contribution in [3.63, 3.8) is 0 Å². The van der Waals surface area contributed by atoms with E-state index in [4.69, 9.17) is 9.47 Å². The van der Waals surface area contributed by atoms with Gasteiger partial charge in [0.15, 0.2) is 12.0 Å². The molecule has 168 valence electrons. The van der Waals surface area contributed by atoms with Gasteiger partial charge in [-0.15, -0.1) is 0 Å². The monoisotopic (exact) mass is 445 g/mol. The number of rotatable bonds is 7. The molecule has 1 N–H and O–H groups in total. The highest BCUT2D eigenvalue weighted by atomic mass is 16.6. The molecule has 4 rings (SSSR count). The van der Waals surface area contributed by atoms with Crippen molar-refractivity contribution in [1.82, 2.24) is 4.90 Å². The molecule has 0 saturated heterocycles. The van der Waals surface area contributed by atoms with Crippen molar-refractivity contribution >= 4 is 28.4 Å². The van der Waals surface area contributed by atoms with Crippen LogP contribution in [0.5, 0.6) is 5.75 Å². The smallest absolute Gasteiger partial charge is 0.333 e. The lowest BCUT2D eigenvalue weighted by atomic mass is 9.88. The Hall–Kier alpha value is -3.97. The molecular formula is C26H23NO6. The molecule has 1 heterocycles. The van der Waals surface area contributed by atoms with Crippen LogP contribution in [0.15, 0.2) is 66.7 Å². The second-order valence-electron chi connectivity index (χ2n) is 7.81. The number of ketones is 1. The molecule has 1 aliphatic rings. The van der Waals surface area contributed by atoms with Crippen molar-refractivity contribution in [2.45, 2.75) is 13.2 Å². The van der Waals surface area contributed by atoms with E-state index in [1.54, 1.807) is 55.5 Å². The predicted octanol–water partition coefficient (Wildman–Crippen LogP) is 3.65. The molecule has 0 radical (unpaired) electrons. The third-order valence-electron chi connectivity index (χ3n) is 5.55. The van der Waals surface area contributed by atoms with Gasteiger partial charge >= 0.3 is 5.97 Å². The minimum atomic E-state index is -1.15. The minimum Gasteiger partial charge on any atom is -0.489 e. The van der Waals surface area contributed by atoms with E-state index >= 15 is 0 Å². The molecule has 0 aliphatic carbocycles. The molecule has 0 saturated carbocycles. The number of aliphatic hydroxyl groups excluding tert-OH is 1. The average Bonchev–Trinajstić information content (AvgIpc) is 2.83. The summed E-state index contributed by atoms with van der Waals surface area (Å²) in [5.41, 5.74) is 1.99. The molecule has 3 aromatic rings. The summed E-state index contributed by atoms with van der Waals surface area (Å²) >= 11 is 0. The van der Waals surface area contributed by atoms with Crippen molar-refractivity contribution < 1.29 is 29.0 Å². The summed E-state index contributed by atoms with van der Waals surface area (Å²) in [7, 11) is 1.52. The molecular weight excluding hydrogens is 422 g/mol. The summed E-state index contributed by atoms with van der Waals surface area (Å²) in [6.45, 7) is 5.11. The maximum atomic E-state index is 13.4. The molecule has 1 unspecified atom stereocenters. The third-order valence-corrected chi connectivity index (χ3v) is 5.55. The zero-order valence-electron chi connectivity index (χ0n) is 18.3. The number of hydrogen-bond donors (Lipinski definition) is 1. The van der Waals surface area contributed by atoms with Crippen LogP contribution >= 0.6 is 0 Å². The SMILES string of the molecule is C=C(C)C(=O)OCCOc1ccc2c3c(ccc(C(=O)c4ccccc4)c13)C(O)N(C)C2=O. The lowest BCUT2D eigenvalue weighted by Gasteiger charge is -2.31. The van der Waals surface area contributed by atoms with Gasteiger partial charge in [-0.3, -0.25) is 9.59 Å². The first-order valence-electron chi connectivity index (χ1n) is 10.4. The van der Waals surface area contributed by atoms with Gasteiger partial charge in [0, 0.05) is 45.6 Å². The van der Waals surface area contributed by atoms with Crippen LogP contribution in [-0.4, -0.2) is 47.9 Å². The fraction of sp³-hybridized carbons (Fsp3) is 0.192. The van der Waals surface area contributed by atoms with E-state index in [9.17, 15) is 19.5 Å². The van der Waals surface area contributed by atoms with Crippen LogP contribution < -0.4 is 4.74 Å². The number of hydrogen-bond acceptors (Lipinski definition) is 6. The molecule has 0 bridgehead atoms. The van der Waals surface area contributed by atoms with Crippen LogP contribution in [0.3, 0.4) is 0 Å². The van der Waals surface area contributed by atoms with Gasteiger partial charge in [-0.05, 0) is 25.1 Å². The number of carbonyl (C=O) groups is 3. The summed E-state index contributed by atoms with van der Waals surface area (Å²) in [6.07, 6.45) is -1.15. The molecule has 33 heavy (non-hydrogen) atoms. The quantitative estimate of drug-likeness (QED) is 0.258. The van der Waals surface area contributed by atoms with Gasteiger partial charge in [-0.1, -0.05) is 43.0 Å². The highest BCUT2D eigenvalue weighted by Gasteiger charge is 2.33. The molecule has 0 aromatic heterocycles.